The average Bonchev–Trinajstić information content (AvgIpc) is 1.84. The Labute approximate surface area is 176 Å². The van der Waals surface area contributed by atoms with Gasteiger partial charge in [0, 0.05) is 22.4 Å². The second kappa shape index (κ2) is 26.6. The molecular formula is C4H16AgKNaO10. The van der Waals surface area contributed by atoms with Gasteiger partial charge in [0.05, 0.1) is 0 Å². The van der Waals surface area contributed by atoms with Gasteiger partial charge in [-0.1, -0.05) is 0 Å². The molecule has 1 radical (unpaired) electrons. The zero-order valence-electron chi connectivity index (χ0n) is 7.06. The molecule has 0 amide bonds. The van der Waals surface area contributed by atoms with Gasteiger partial charge in [-0.05, 0) is 0 Å². The van der Waals surface area contributed by atoms with Crippen molar-refractivity contribution >= 4 is 92.9 Å². The van der Waals surface area contributed by atoms with Gasteiger partial charge in [0.1, 0.15) is 0 Å². The number of carboxylic acids is 2. The molecular weight excluding hydrogens is 378 g/mol. The average molecular weight is 394 g/mol. The van der Waals surface area contributed by atoms with Crippen molar-refractivity contribution in [2.24, 2.45) is 0 Å². The molecule has 0 aromatic rings. The van der Waals surface area contributed by atoms with Crippen LogP contribution in [0.5, 0.6) is 0 Å². The SMILES string of the molecule is O.O.O.O.O=C(O)C(O)C(O)C(=O)O.[Ag].[KH].[NaH]. The molecule has 0 bridgehead atoms. The van der Waals surface area contributed by atoms with Crippen LogP contribution in [0.2, 0.25) is 0 Å². The Morgan fingerprint density at radius 3 is 0.941 bits per heavy atom. The van der Waals surface area contributed by atoms with E-state index in [1.54, 1.807) is 0 Å². The quantitative estimate of drug-likeness (QED) is 0.339. The number of hydrogen-bond acceptors (Lipinski definition) is 4. The minimum atomic E-state index is -2.27. The molecule has 0 heterocycles. The summed E-state index contributed by atoms with van der Waals surface area (Å²) < 4.78 is 0. The van der Waals surface area contributed by atoms with Crippen LogP contribution < -0.4 is 0 Å². The van der Waals surface area contributed by atoms with E-state index in [0.717, 1.165) is 0 Å². The molecule has 13 heteroatoms. The number of hydrogen-bond donors (Lipinski definition) is 4. The van der Waals surface area contributed by atoms with E-state index < -0.39 is 24.1 Å². The van der Waals surface area contributed by atoms with Gasteiger partial charge in [-0.2, -0.15) is 0 Å². The first-order valence-corrected chi connectivity index (χ1v) is 2.28. The van der Waals surface area contributed by atoms with Gasteiger partial charge in [-0.3, -0.25) is 0 Å². The van der Waals surface area contributed by atoms with Crippen molar-refractivity contribution in [2.75, 3.05) is 0 Å². The maximum absolute atomic E-state index is 9.77. The fourth-order valence-corrected chi connectivity index (χ4v) is 0.270. The second-order valence-corrected chi connectivity index (χ2v) is 1.57. The minimum absolute atomic E-state index is 0. The molecule has 0 spiro atoms. The predicted molar refractivity (Wildman–Crippen MR) is 56.0 cm³/mol. The zero-order valence-corrected chi connectivity index (χ0v) is 8.54. The molecule has 12 N–H and O–H groups in total. The Morgan fingerprint density at radius 2 is 0.882 bits per heavy atom. The van der Waals surface area contributed by atoms with Crippen LogP contribution >= 0.6 is 0 Å². The number of aliphatic hydroxyl groups is 2. The third kappa shape index (κ3) is 23.6. The van der Waals surface area contributed by atoms with Crippen LogP contribution in [0.15, 0.2) is 0 Å². The van der Waals surface area contributed by atoms with Gasteiger partial charge in [0.2, 0.25) is 0 Å². The van der Waals surface area contributed by atoms with Gasteiger partial charge >= 0.3 is 92.9 Å². The van der Waals surface area contributed by atoms with Crippen molar-refractivity contribution in [1.29, 1.82) is 0 Å². The van der Waals surface area contributed by atoms with Crippen LogP contribution in [-0.2, 0) is 32.0 Å². The van der Waals surface area contributed by atoms with Gasteiger partial charge in [0.25, 0.3) is 0 Å². The van der Waals surface area contributed by atoms with E-state index in [4.69, 9.17) is 20.4 Å². The van der Waals surface area contributed by atoms with Crippen LogP contribution in [0.4, 0.5) is 0 Å². The van der Waals surface area contributed by atoms with Crippen molar-refractivity contribution in [3.63, 3.8) is 0 Å². The summed E-state index contributed by atoms with van der Waals surface area (Å²) in [6, 6.07) is 0. The fourth-order valence-electron chi connectivity index (χ4n) is 0.270. The molecule has 0 fully saturated rings. The summed E-state index contributed by atoms with van der Waals surface area (Å²) in [5, 5.41) is 32.5. The van der Waals surface area contributed by atoms with E-state index in [1.165, 1.54) is 0 Å². The van der Waals surface area contributed by atoms with Gasteiger partial charge in [-0.15, -0.1) is 0 Å². The Hall–Kier alpha value is 2.08. The van der Waals surface area contributed by atoms with Crippen LogP contribution in [0.25, 0.3) is 0 Å². The van der Waals surface area contributed by atoms with E-state index >= 15 is 0 Å². The van der Waals surface area contributed by atoms with Gasteiger partial charge < -0.3 is 42.3 Å². The monoisotopic (exact) mass is 393 g/mol. The van der Waals surface area contributed by atoms with Crippen molar-refractivity contribution < 1.29 is 74.3 Å². The number of carboxylic acid groups (broad SMARTS) is 2. The Bertz CT molecular complexity index is 152. The summed E-state index contributed by atoms with van der Waals surface area (Å²) in [7, 11) is 0. The van der Waals surface area contributed by atoms with Crippen LogP contribution in [-0.4, -0.2) is 147 Å². The predicted octanol–water partition coefficient (Wildman–Crippen LogP) is -6.72. The third-order valence-electron chi connectivity index (χ3n) is 0.805. The topological polar surface area (TPSA) is 241 Å². The van der Waals surface area contributed by atoms with E-state index in [0.29, 0.717) is 0 Å². The summed E-state index contributed by atoms with van der Waals surface area (Å²) in [5.74, 6) is -3.54. The number of aliphatic carboxylic acids is 2. The molecule has 2 unspecified atom stereocenters. The first kappa shape index (κ1) is 50.8. The molecule has 0 aliphatic heterocycles. The van der Waals surface area contributed by atoms with Crippen molar-refractivity contribution in [3.8, 4) is 0 Å². The molecule has 0 rings (SSSR count). The first-order valence-electron chi connectivity index (χ1n) is 2.28. The molecule has 10 nitrogen and oxygen atoms in total. The summed E-state index contributed by atoms with van der Waals surface area (Å²) in [4.78, 5) is 19.5. The fraction of sp³-hybridized carbons (Fsp3) is 0.500. The van der Waals surface area contributed by atoms with Crippen molar-refractivity contribution in [3.05, 3.63) is 0 Å². The first-order chi connectivity index (χ1) is 4.46. The zero-order chi connectivity index (χ0) is 8.31. The van der Waals surface area contributed by atoms with E-state index in [2.05, 4.69) is 0 Å². The standard InChI is InChI=1S/C4H6O6.Ag.K.Na.4H2O.2H/c5-1(3(7)8)2(6)4(9)10;;;;;;;;;/h1-2,5-6H,(H,7,8)(H,9,10);;;;4*1H2;;. The molecule has 0 aromatic heterocycles. The summed E-state index contributed by atoms with van der Waals surface area (Å²) in [5.41, 5.74) is 0. The molecule has 105 valence electrons. The molecule has 0 saturated heterocycles. The van der Waals surface area contributed by atoms with Crippen LogP contribution in [0, 0.1) is 0 Å². The van der Waals surface area contributed by atoms with Gasteiger partial charge in [-0.25, -0.2) is 9.59 Å². The third-order valence-corrected chi connectivity index (χ3v) is 0.805. The summed E-state index contributed by atoms with van der Waals surface area (Å²) in [6.07, 6.45) is -4.53. The van der Waals surface area contributed by atoms with E-state index in [1.807, 2.05) is 0 Å². The number of carbonyl (C=O) groups is 2. The Balaban J connectivity index is -0.0000000193. The Morgan fingerprint density at radius 1 is 0.765 bits per heavy atom. The molecule has 17 heavy (non-hydrogen) atoms. The number of rotatable bonds is 3. The van der Waals surface area contributed by atoms with Crippen molar-refractivity contribution in [2.45, 2.75) is 12.2 Å². The van der Waals surface area contributed by atoms with Crippen molar-refractivity contribution in [1.82, 2.24) is 0 Å². The summed E-state index contributed by atoms with van der Waals surface area (Å²) >= 11 is 0. The number of aliphatic hydroxyl groups excluding tert-OH is 2. The molecule has 0 aliphatic carbocycles. The van der Waals surface area contributed by atoms with E-state index in [9.17, 15) is 9.59 Å². The summed E-state index contributed by atoms with van der Waals surface area (Å²) in [6.45, 7) is 0. The Kier molecular flexibility index (Phi) is 79.5. The maximum atomic E-state index is 9.77. The van der Waals surface area contributed by atoms with Crippen LogP contribution in [0.1, 0.15) is 0 Å². The van der Waals surface area contributed by atoms with Crippen LogP contribution in [0.3, 0.4) is 0 Å². The second-order valence-electron chi connectivity index (χ2n) is 1.57. The molecule has 0 saturated carbocycles. The van der Waals surface area contributed by atoms with E-state index in [-0.39, 0.29) is 125 Å². The molecule has 0 aliphatic rings. The molecule has 0 aromatic carbocycles. The molecule has 2 atom stereocenters. The van der Waals surface area contributed by atoms with Gasteiger partial charge in [0.15, 0.2) is 12.2 Å². The normalized spacial score (nSPS) is 9.29.